The third-order valence-corrected chi connectivity index (χ3v) is 6.13. The molecule has 2 amide bonds. The quantitative estimate of drug-likeness (QED) is 0.522. The predicted octanol–water partition coefficient (Wildman–Crippen LogP) is 3.14. The second-order valence-electron chi connectivity index (χ2n) is 4.49. The van der Waals surface area contributed by atoms with Crippen LogP contribution in [-0.4, -0.2) is 47.9 Å². The molecule has 1 N–H and O–H groups in total. The molecule has 0 radical (unpaired) electrons. The number of imide groups is 1. The fourth-order valence-corrected chi connectivity index (χ4v) is 3.51. The van der Waals surface area contributed by atoms with E-state index in [1.807, 2.05) is 0 Å². The molecule has 128 valence electrons. The average Bonchev–Trinajstić information content (AvgIpc) is 2.82. The number of carbonyl (C=O) groups excluding carboxylic acids is 3. The summed E-state index contributed by atoms with van der Waals surface area (Å²) in [5.41, 5.74) is 0.514. The minimum Gasteiger partial charge on any atom is -0.503 e. The molecule has 2 rings (SSSR count). The molecule has 0 aliphatic carbocycles. The second kappa shape index (κ2) is 7.58. The largest absolute Gasteiger partial charge is 0.503 e. The molecule has 0 saturated carbocycles. The summed E-state index contributed by atoms with van der Waals surface area (Å²) in [7, 11) is 2.57. The van der Waals surface area contributed by atoms with E-state index in [4.69, 9.17) is 4.74 Å². The minimum absolute atomic E-state index is 0.0969. The summed E-state index contributed by atoms with van der Waals surface area (Å²) in [5, 5.41) is 9.36. The number of methoxy groups -OCH3 is 2. The maximum absolute atomic E-state index is 12.3. The van der Waals surface area contributed by atoms with Gasteiger partial charge in [-0.2, -0.15) is 0 Å². The summed E-state index contributed by atoms with van der Waals surface area (Å²) in [6.45, 7) is -0.442. The Kier molecular flexibility index (Phi) is 5.94. The maximum Gasteiger partial charge on any atom is 0.325 e. The molecular formula is C14H11Br2NO6S. The molecule has 1 aromatic rings. The average molecular weight is 481 g/mol. The highest BCUT2D eigenvalue weighted by molar-refractivity contribution is 9.13. The normalized spacial score (nSPS) is 16.0. The molecule has 1 aliphatic heterocycles. The number of amides is 2. The molecule has 0 atom stereocenters. The van der Waals surface area contributed by atoms with Gasteiger partial charge < -0.3 is 14.6 Å². The predicted molar refractivity (Wildman–Crippen MR) is 94.8 cm³/mol. The molecule has 1 aliphatic rings. The Morgan fingerprint density at radius 1 is 1.33 bits per heavy atom. The SMILES string of the molecule is COC(=O)CN1C(=O)S/C(=C/c2cc(OC)c(O)c(Br)c2Br)C1=O. The number of rotatable bonds is 4. The van der Waals surface area contributed by atoms with Crippen LogP contribution in [0.2, 0.25) is 0 Å². The Labute approximate surface area is 158 Å². The molecule has 1 heterocycles. The van der Waals surface area contributed by atoms with Crippen molar-refractivity contribution in [2.75, 3.05) is 20.8 Å². The van der Waals surface area contributed by atoms with Gasteiger partial charge in [-0.25, -0.2) is 0 Å². The van der Waals surface area contributed by atoms with Crippen LogP contribution >= 0.6 is 43.6 Å². The molecule has 1 saturated heterocycles. The summed E-state index contributed by atoms with van der Waals surface area (Å²) >= 11 is 7.23. The molecule has 24 heavy (non-hydrogen) atoms. The van der Waals surface area contributed by atoms with Crippen LogP contribution in [0.4, 0.5) is 4.79 Å². The molecule has 0 aromatic heterocycles. The first kappa shape index (κ1) is 18.8. The highest BCUT2D eigenvalue weighted by atomic mass is 79.9. The van der Waals surface area contributed by atoms with E-state index in [9.17, 15) is 19.5 Å². The summed E-state index contributed by atoms with van der Waals surface area (Å²) in [6, 6.07) is 1.51. The highest BCUT2D eigenvalue weighted by Gasteiger charge is 2.36. The van der Waals surface area contributed by atoms with Crippen molar-refractivity contribution in [1.29, 1.82) is 0 Å². The number of aromatic hydroxyl groups is 1. The number of nitrogens with zero attached hydrogens (tertiary/aromatic N) is 1. The van der Waals surface area contributed by atoms with Gasteiger partial charge in [0, 0.05) is 4.47 Å². The number of ether oxygens (including phenoxy) is 2. The van der Waals surface area contributed by atoms with Crippen LogP contribution in [0.3, 0.4) is 0 Å². The van der Waals surface area contributed by atoms with Gasteiger partial charge in [-0.3, -0.25) is 19.3 Å². The van der Waals surface area contributed by atoms with E-state index in [1.54, 1.807) is 0 Å². The van der Waals surface area contributed by atoms with Crippen LogP contribution in [0.5, 0.6) is 11.5 Å². The van der Waals surface area contributed by atoms with E-state index < -0.39 is 23.7 Å². The molecule has 1 aromatic carbocycles. The molecular weight excluding hydrogens is 470 g/mol. The van der Waals surface area contributed by atoms with Crippen molar-refractivity contribution >= 4 is 66.8 Å². The Balaban J connectivity index is 2.39. The lowest BCUT2D eigenvalue weighted by molar-refractivity contribution is -0.143. The highest BCUT2D eigenvalue weighted by Crippen LogP contribution is 2.43. The molecule has 0 bridgehead atoms. The summed E-state index contributed by atoms with van der Waals surface area (Å²) in [6.07, 6.45) is 1.47. The third-order valence-electron chi connectivity index (χ3n) is 3.07. The van der Waals surface area contributed by atoms with Gasteiger partial charge >= 0.3 is 5.97 Å². The smallest absolute Gasteiger partial charge is 0.325 e. The Morgan fingerprint density at radius 3 is 2.58 bits per heavy atom. The van der Waals surface area contributed by atoms with Gasteiger partial charge in [-0.1, -0.05) is 0 Å². The topological polar surface area (TPSA) is 93.1 Å². The Bertz CT molecular complexity index is 764. The molecule has 1 fully saturated rings. The van der Waals surface area contributed by atoms with Crippen LogP contribution in [0.15, 0.2) is 19.9 Å². The molecule has 10 heteroatoms. The maximum atomic E-state index is 12.3. The molecule has 7 nitrogen and oxygen atoms in total. The van der Waals surface area contributed by atoms with Crippen LogP contribution < -0.4 is 4.74 Å². The zero-order valence-corrected chi connectivity index (χ0v) is 16.5. The zero-order chi connectivity index (χ0) is 18.0. The van der Waals surface area contributed by atoms with E-state index >= 15 is 0 Å². The molecule has 0 unspecified atom stereocenters. The lowest BCUT2D eigenvalue weighted by atomic mass is 10.2. The van der Waals surface area contributed by atoms with Gasteiger partial charge in [0.05, 0.1) is 23.6 Å². The molecule has 0 spiro atoms. The van der Waals surface area contributed by atoms with Crippen molar-refractivity contribution in [2.24, 2.45) is 0 Å². The summed E-state index contributed by atoms with van der Waals surface area (Å²) in [5.74, 6) is -1.18. The van der Waals surface area contributed by atoms with E-state index in [-0.39, 0.29) is 16.4 Å². The van der Waals surface area contributed by atoms with E-state index in [2.05, 4.69) is 36.6 Å². The fourth-order valence-electron chi connectivity index (χ4n) is 1.84. The number of hydrogen-bond donors (Lipinski definition) is 1. The third kappa shape index (κ3) is 3.60. The van der Waals surface area contributed by atoms with Gasteiger partial charge in [0.15, 0.2) is 11.5 Å². The number of halogens is 2. The second-order valence-corrected chi connectivity index (χ2v) is 7.07. The Hall–Kier alpha value is -1.52. The van der Waals surface area contributed by atoms with Gasteiger partial charge in [0.2, 0.25) is 0 Å². The van der Waals surface area contributed by atoms with Crippen LogP contribution in [0.25, 0.3) is 6.08 Å². The van der Waals surface area contributed by atoms with Crippen molar-refractivity contribution in [1.82, 2.24) is 4.90 Å². The summed E-state index contributed by atoms with van der Waals surface area (Å²) in [4.78, 5) is 36.4. The first-order valence-electron chi connectivity index (χ1n) is 6.37. The monoisotopic (exact) mass is 479 g/mol. The van der Waals surface area contributed by atoms with Gasteiger partial charge in [0.25, 0.3) is 11.1 Å². The van der Waals surface area contributed by atoms with E-state index in [0.717, 1.165) is 4.90 Å². The van der Waals surface area contributed by atoms with Crippen molar-refractivity contribution in [2.45, 2.75) is 0 Å². The first-order chi connectivity index (χ1) is 11.3. The van der Waals surface area contributed by atoms with Crippen molar-refractivity contribution < 1.29 is 29.0 Å². The van der Waals surface area contributed by atoms with Crippen LogP contribution in [0, 0.1) is 0 Å². The van der Waals surface area contributed by atoms with E-state index in [1.165, 1.54) is 26.4 Å². The number of hydrogen-bond acceptors (Lipinski definition) is 7. The lowest BCUT2D eigenvalue weighted by Gasteiger charge is -2.11. The number of thioether (sulfide) groups is 1. The summed E-state index contributed by atoms with van der Waals surface area (Å²) < 4.78 is 10.4. The van der Waals surface area contributed by atoms with Crippen LogP contribution in [-0.2, 0) is 14.3 Å². The van der Waals surface area contributed by atoms with Crippen LogP contribution in [0.1, 0.15) is 5.56 Å². The van der Waals surface area contributed by atoms with Gasteiger partial charge in [0.1, 0.15) is 6.54 Å². The number of phenols is 1. The zero-order valence-electron chi connectivity index (χ0n) is 12.5. The number of esters is 1. The fraction of sp³-hybridized carbons (Fsp3) is 0.214. The van der Waals surface area contributed by atoms with Gasteiger partial charge in [-0.15, -0.1) is 0 Å². The van der Waals surface area contributed by atoms with E-state index in [0.29, 0.717) is 26.3 Å². The minimum atomic E-state index is -0.686. The van der Waals surface area contributed by atoms with Crippen molar-refractivity contribution in [3.63, 3.8) is 0 Å². The van der Waals surface area contributed by atoms with Crippen molar-refractivity contribution in [3.8, 4) is 11.5 Å². The number of benzene rings is 1. The number of phenolic OH excluding ortho intramolecular Hbond substituents is 1. The Morgan fingerprint density at radius 2 is 2.00 bits per heavy atom. The lowest BCUT2D eigenvalue weighted by Crippen LogP contribution is -2.34. The standard InChI is InChI=1S/C14H11Br2NO6S/c1-22-7-3-6(10(15)11(16)12(7)19)4-8-13(20)17(14(21)24-8)5-9(18)23-2/h3-4,19H,5H2,1-2H3/b8-4+. The van der Waals surface area contributed by atoms with Crippen molar-refractivity contribution in [3.05, 3.63) is 25.5 Å². The van der Waals surface area contributed by atoms with Gasteiger partial charge in [-0.05, 0) is 61.3 Å². The number of carbonyl (C=O) groups is 3. The first-order valence-corrected chi connectivity index (χ1v) is 8.77.